The van der Waals surface area contributed by atoms with Crippen LogP contribution in [0.4, 0.5) is 0 Å². The van der Waals surface area contributed by atoms with Crippen molar-refractivity contribution >= 4 is 16.3 Å². The van der Waals surface area contributed by atoms with E-state index < -0.39 is 0 Å². The van der Waals surface area contributed by atoms with E-state index in [1.807, 2.05) is 13.0 Å². The lowest BCUT2D eigenvalue weighted by Gasteiger charge is -1.94. The van der Waals surface area contributed by atoms with Crippen molar-refractivity contribution in [3.05, 3.63) is 30.4 Å². The average molecular weight is 373 g/mol. The largest absolute Gasteiger partial charge is 1.00 e. The summed E-state index contributed by atoms with van der Waals surface area (Å²) in [6, 6.07) is 4.10. The standard InChI is InChI=1S/C11H12N5S.HI/c1-3-15-6-4-5-9(7-15)10-14-16-8(2)12-13-11(16)17-10;/h4-7H,3H2,1-2H3;1H/q+1;/p-1. The summed E-state index contributed by atoms with van der Waals surface area (Å²) in [5, 5.41) is 13.5. The molecule has 0 bridgehead atoms. The van der Waals surface area contributed by atoms with E-state index >= 15 is 0 Å². The van der Waals surface area contributed by atoms with Crippen molar-refractivity contribution in [1.82, 2.24) is 19.8 Å². The molecule has 0 N–H and O–H groups in total. The van der Waals surface area contributed by atoms with Crippen LogP contribution >= 0.6 is 11.3 Å². The zero-order chi connectivity index (χ0) is 11.8. The van der Waals surface area contributed by atoms with Gasteiger partial charge in [0.25, 0.3) is 0 Å². The highest BCUT2D eigenvalue weighted by atomic mass is 127. The van der Waals surface area contributed by atoms with Gasteiger partial charge in [-0.3, -0.25) is 0 Å². The number of nitrogens with zero attached hydrogens (tertiary/aromatic N) is 5. The van der Waals surface area contributed by atoms with E-state index in [2.05, 4.69) is 45.2 Å². The monoisotopic (exact) mass is 373 g/mol. The van der Waals surface area contributed by atoms with Gasteiger partial charge in [0.15, 0.2) is 23.2 Å². The fraction of sp³-hybridized carbons (Fsp3) is 0.273. The molecule has 3 rings (SSSR count). The van der Waals surface area contributed by atoms with Crippen LogP contribution in [0.1, 0.15) is 12.7 Å². The SMILES string of the molecule is CC[n+]1cccc(-c2nn3c(C)nnc3s2)c1.[I-]. The number of aromatic nitrogens is 5. The second kappa shape index (κ2) is 5.27. The van der Waals surface area contributed by atoms with E-state index in [4.69, 9.17) is 0 Å². The molecular formula is C11H12IN5S. The van der Waals surface area contributed by atoms with E-state index in [-0.39, 0.29) is 24.0 Å². The van der Waals surface area contributed by atoms with Crippen LogP contribution in [0.2, 0.25) is 0 Å². The van der Waals surface area contributed by atoms with E-state index in [1.54, 1.807) is 15.9 Å². The first-order valence-corrected chi connectivity index (χ1v) is 6.28. The third kappa shape index (κ3) is 2.24. The fourth-order valence-corrected chi connectivity index (χ4v) is 2.55. The van der Waals surface area contributed by atoms with E-state index in [0.29, 0.717) is 0 Å². The number of aryl methyl sites for hydroxylation is 2. The number of hydrogen-bond acceptors (Lipinski definition) is 4. The summed E-state index contributed by atoms with van der Waals surface area (Å²) in [5.41, 5.74) is 1.12. The van der Waals surface area contributed by atoms with Crippen molar-refractivity contribution < 1.29 is 28.5 Å². The zero-order valence-electron chi connectivity index (χ0n) is 10.0. The first-order chi connectivity index (χ1) is 8.28. The molecule has 0 aliphatic heterocycles. The van der Waals surface area contributed by atoms with Crippen LogP contribution in [-0.2, 0) is 6.54 Å². The van der Waals surface area contributed by atoms with Crippen molar-refractivity contribution in [2.24, 2.45) is 0 Å². The number of pyridine rings is 1. The number of halogens is 1. The predicted octanol–water partition coefficient (Wildman–Crippen LogP) is -1.53. The Kier molecular flexibility index (Phi) is 3.91. The molecule has 7 heteroatoms. The highest BCUT2D eigenvalue weighted by Crippen LogP contribution is 2.23. The Bertz CT molecular complexity index is 675. The molecule has 0 spiro atoms. The minimum absolute atomic E-state index is 0. The topological polar surface area (TPSA) is 47.0 Å². The summed E-state index contributed by atoms with van der Waals surface area (Å²) in [6.45, 7) is 4.98. The number of rotatable bonds is 2. The lowest BCUT2D eigenvalue weighted by atomic mass is 10.3. The molecule has 0 aromatic carbocycles. The highest BCUT2D eigenvalue weighted by Gasteiger charge is 2.12. The van der Waals surface area contributed by atoms with Gasteiger partial charge in [-0.05, 0) is 19.9 Å². The third-order valence-electron chi connectivity index (χ3n) is 2.62. The Balaban J connectivity index is 0.00000120. The molecule has 0 amide bonds. The number of fused-ring (bicyclic) bond motifs is 1. The molecule has 0 saturated heterocycles. The smallest absolute Gasteiger partial charge is 0.234 e. The zero-order valence-corrected chi connectivity index (χ0v) is 13.0. The maximum Gasteiger partial charge on any atom is 0.234 e. The van der Waals surface area contributed by atoms with Crippen LogP contribution in [-0.4, -0.2) is 19.8 Å². The molecule has 3 aromatic heterocycles. The molecule has 0 fully saturated rings. The first-order valence-electron chi connectivity index (χ1n) is 5.46. The summed E-state index contributed by atoms with van der Waals surface area (Å²) >= 11 is 1.56. The lowest BCUT2D eigenvalue weighted by molar-refractivity contribution is -0.693. The second-order valence-corrected chi connectivity index (χ2v) is 4.73. The molecule has 3 heterocycles. The van der Waals surface area contributed by atoms with Crippen molar-refractivity contribution in [1.29, 1.82) is 0 Å². The fourth-order valence-electron chi connectivity index (χ4n) is 1.68. The van der Waals surface area contributed by atoms with Crippen LogP contribution in [0.15, 0.2) is 24.5 Å². The summed E-state index contributed by atoms with van der Waals surface area (Å²) in [7, 11) is 0. The van der Waals surface area contributed by atoms with Crippen LogP contribution in [0.25, 0.3) is 15.5 Å². The molecule has 0 aliphatic carbocycles. The van der Waals surface area contributed by atoms with Gasteiger partial charge < -0.3 is 24.0 Å². The molecular weight excluding hydrogens is 361 g/mol. The third-order valence-corrected chi connectivity index (χ3v) is 3.56. The normalized spacial score (nSPS) is 10.6. The molecule has 0 aliphatic rings. The van der Waals surface area contributed by atoms with Crippen molar-refractivity contribution in [3.63, 3.8) is 0 Å². The van der Waals surface area contributed by atoms with Gasteiger partial charge in [0.2, 0.25) is 4.96 Å². The van der Waals surface area contributed by atoms with Crippen LogP contribution < -0.4 is 28.5 Å². The Morgan fingerprint density at radius 2 is 2.22 bits per heavy atom. The Morgan fingerprint density at radius 3 is 2.94 bits per heavy atom. The Morgan fingerprint density at radius 1 is 1.39 bits per heavy atom. The molecule has 18 heavy (non-hydrogen) atoms. The van der Waals surface area contributed by atoms with E-state index in [1.165, 1.54) is 0 Å². The van der Waals surface area contributed by atoms with E-state index in [0.717, 1.165) is 27.9 Å². The Labute approximate surface area is 126 Å². The Hall–Kier alpha value is -1.09. The van der Waals surface area contributed by atoms with Crippen LogP contribution in [0, 0.1) is 6.92 Å². The minimum Gasteiger partial charge on any atom is -1.00 e. The minimum atomic E-state index is 0. The van der Waals surface area contributed by atoms with Crippen molar-refractivity contribution in [2.75, 3.05) is 0 Å². The van der Waals surface area contributed by atoms with Gasteiger partial charge in [-0.25, -0.2) is 4.57 Å². The van der Waals surface area contributed by atoms with Crippen molar-refractivity contribution in [3.8, 4) is 10.6 Å². The predicted molar refractivity (Wildman–Crippen MR) is 64.7 cm³/mol. The summed E-state index contributed by atoms with van der Waals surface area (Å²) < 4.78 is 3.91. The highest BCUT2D eigenvalue weighted by molar-refractivity contribution is 7.19. The van der Waals surface area contributed by atoms with Crippen LogP contribution in [0.5, 0.6) is 0 Å². The lowest BCUT2D eigenvalue weighted by Crippen LogP contribution is -3.00. The molecule has 3 aromatic rings. The molecule has 0 atom stereocenters. The van der Waals surface area contributed by atoms with Gasteiger partial charge in [0.1, 0.15) is 6.54 Å². The van der Waals surface area contributed by atoms with Gasteiger partial charge >= 0.3 is 0 Å². The first kappa shape index (κ1) is 13.3. The molecule has 0 radical (unpaired) electrons. The maximum atomic E-state index is 4.51. The summed E-state index contributed by atoms with van der Waals surface area (Å²) in [4.78, 5) is 0.837. The van der Waals surface area contributed by atoms with E-state index in [9.17, 15) is 0 Å². The summed E-state index contributed by atoms with van der Waals surface area (Å²) in [6.07, 6.45) is 4.15. The van der Waals surface area contributed by atoms with Gasteiger partial charge in [0, 0.05) is 6.07 Å². The average Bonchev–Trinajstić information content (AvgIpc) is 2.92. The van der Waals surface area contributed by atoms with Gasteiger partial charge in [-0.15, -0.1) is 10.2 Å². The molecule has 5 nitrogen and oxygen atoms in total. The van der Waals surface area contributed by atoms with Crippen LogP contribution in [0.3, 0.4) is 0 Å². The second-order valence-electron chi connectivity index (χ2n) is 3.77. The molecule has 94 valence electrons. The van der Waals surface area contributed by atoms with Crippen molar-refractivity contribution in [2.45, 2.75) is 20.4 Å². The maximum absolute atomic E-state index is 4.51. The number of hydrogen-bond donors (Lipinski definition) is 0. The molecule has 0 unspecified atom stereocenters. The molecule has 0 saturated carbocycles. The van der Waals surface area contributed by atoms with Gasteiger partial charge in [-0.1, -0.05) is 11.3 Å². The van der Waals surface area contributed by atoms with Gasteiger partial charge in [-0.2, -0.15) is 9.61 Å². The quantitative estimate of drug-likeness (QED) is 0.405. The van der Waals surface area contributed by atoms with Gasteiger partial charge in [0.05, 0.1) is 5.56 Å². The summed E-state index contributed by atoms with van der Waals surface area (Å²) in [5.74, 6) is 0.821.